The van der Waals surface area contributed by atoms with Crippen LogP contribution in [-0.4, -0.2) is 12.6 Å². The molecule has 1 aromatic carbocycles. The highest BCUT2D eigenvalue weighted by molar-refractivity contribution is 5.39. The summed E-state index contributed by atoms with van der Waals surface area (Å²) in [4.78, 5) is 0. The molecule has 0 radical (unpaired) electrons. The Balaban J connectivity index is 3.01. The van der Waals surface area contributed by atoms with Crippen molar-refractivity contribution in [2.75, 3.05) is 6.61 Å². The van der Waals surface area contributed by atoms with Crippen molar-refractivity contribution in [1.82, 2.24) is 0 Å². The van der Waals surface area contributed by atoms with E-state index in [0.29, 0.717) is 18.4 Å². The van der Waals surface area contributed by atoms with Gasteiger partial charge in [0.05, 0.1) is 12.2 Å². The lowest BCUT2D eigenvalue weighted by Gasteiger charge is -2.16. The fraction of sp³-hybridized carbons (Fsp3) is 0.571. The van der Waals surface area contributed by atoms with Gasteiger partial charge in [0.25, 0.3) is 0 Å². The van der Waals surface area contributed by atoms with Crippen LogP contribution in [0.1, 0.15) is 37.8 Å². The number of alkyl halides is 3. The molecule has 0 aliphatic carbocycles. The van der Waals surface area contributed by atoms with Crippen LogP contribution >= 0.6 is 0 Å². The summed E-state index contributed by atoms with van der Waals surface area (Å²) >= 11 is 0. The molecule has 0 bridgehead atoms. The van der Waals surface area contributed by atoms with E-state index in [2.05, 4.69) is 0 Å². The van der Waals surface area contributed by atoms with Crippen LogP contribution in [0.5, 0.6) is 5.75 Å². The first kappa shape index (κ1) is 15.8. The summed E-state index contributed by atoms with van der Waals surface area (Å²) in [5.41, 5.74) is 5.64. The van der Waals surface area contributed by atoms with Crippen LogP contribution in [0.2, 0.25) is 0 Å². The van der Waals surface area contributed by atoms with E-state index >= 15 is 0 Å². The molecular weight excluding hydrogens is 255 g/mol. The van der Waals surface area contributed by atoms with E-state index in [1.54, 1.807) is 6.07 Å². The summed E-state index contributed by atoms with van der Waals surface area (Å²) in [5, 5.41) is 0. The Labute approximate surface area is 111 Å². The van der Waals surface area contributed by atoms with Crippen molar-refractivity contribution in [2.24, 2.45) is 5.73 Å². The van der Waals surface area contributed by atoms with Gasteiger partial charge in [-0.25, -0.2) is 0 Å². The topological polar surface area (TPSA) is 35.2 Å². The molecular formula is C14H20F3NO. The van der Waals surface area contributed by atoms with Gasteiger partial charge in [0, 0.05) is 6.04 Å². The minimum absolute atomic E-state index is 0.108. The van der Waals surface area contributed by atoms with Crippen molar-refractivity contribution < 1.29 is 17.9 Å². The summed E-state index contributed by atoms with van der Waals surface area (Å²) in [6, 6.07) is 4.05. The maximum Gasteiger partial charge on any atom is 0.419 e. The molecule has 0 fully saturated rings. The fourth-order valence-corrected chi connectivity index (χ4v) is 1.71. The zero-order valence-corrected chi connectivity index (χ0v) is 11.3. The van der Waals surface area contributed by atoms with Crippen LogP contribution in [0.25, 0.3) is 0 Å². The number of hydrogen-bond donors (Lipinski definition) is 1. The fourth-order valence-electron chi connectivity index (χ4n) is 1.71. The maximum absolute atomic E-state index is 13.0. The predicted molar refractivity (Wildman–Crippen MR) is 69.2 cm³/mol. The van der Waals surface area contributed by atoms with Crippen molar-refractivity contribution in [3.8, 4) is 5.75 Å². The number of ether oxygens (including phenoxy) is 1. The van der Waals surface area contributed by atoms with Gasteiger partial charge in [-0.05, 0) is 37.0 Å². The van der Waals surface area contributed by atoms with E-state index in [1.165, 1.54) is 6.07 Å². The number of halogens is 3. The van der Waals surface area contributed by atoms with Crippen LogP contribution in [0.4, 0.5) is 13.2 Å². The highest BCUT2D eigenvalue weighted by atomic mass is 19.4. The smallest absolute Gasteiger partial charge is 0.419 e. The van der Waals surface area contributed by atoms with Gasteiger partial charge < -0.3 is 10.5 Å². The van der Waals surface area contributed by atoms with E-state index in [-0.39, 0.29) is 18.4 Å². The molecule has 0 aliphatic rings. The summed E-state index contributed by atoms with van der Waals surface area (Å²) in [7, 11) is 0. The number of rotatable bonds is 6. The third-order valence-corrected chi connectivity index (χ3v) is 2.83. The van der Waals surface area contributed by atoms with Gasteiger partial charge in [-0.15, -0.1) is 0 Å². The molecule has 2 N–H and O–H groups in total. The third-order valence-electron chi connectivity index (χ3n) is 2.83. The average molecular weight is 275 g/mol. The van der Waals surface area contributed by atoms with Crippen LogP contribution in [-0.2, 0) is 12.6 Å². The lowest BCUT2D eigenvalue weighted by Crippen LogP contribution is -2.21. The highest BCUT2D eigenvalue weighted by Crippen LogP contribution is 2.37. The van der Waals surface area contributed by atoms with Gasteiger partial charge in [-0.1, -0.05) is 19.9 Å². The molecule has 0 spiro atoms. The SMILES string of the molecule is CCCOc1ccc(CC(N)CC)cc1C(F)(F)F. The first-order valence-electron chi connectivity index (χ1n) is 6.47. The Morgan fingerprint density at radius 2 is 1.95 bits per heavy atom. The van der Waals surface area contributed by atoms with Crippen LogP contribution in [0.3, 0.4) is 0 Å². The Kier molecular flexibility index (Phi) is 5.66. The number of benzene rings is 1. The second kappa shape index (κ2) is 6.80. The number of hydrogen-bond acceptors (Lipinski definition) is 2. The van der Waals surface area contributed by atoms with E-state index in [0.717, 1.165) is 12.5 Å². The van der Waals surface area contributed by atoms with Crippen LogP contribution in [0, 0.1) is 0 Å². The van der Waals surface area contributed by atoms with Crippen molar-refractivity contribution in [3.63, 3.8) is 0 Å². The lowest BCUT2D eigenvalue weighted by atomic mass is 10.0. The molecule has 1 aromatic rings. The monoisotopic (exact) mass is 275 g/mol. The first-order valence-corrected chi connectivity index (χ1v) is 6.47. The van der Waals surface area contributed by atoms with Crippen LogP contribution in [0.15, 0.2) is 18.2 Å². The lowest BCUT2D eigenvalue weighted by molar-refractivity contribution is -0.139. The molecule has 1 rings (SSSR count). The standard InChI is InChI=1S/C14H20F3NO/c1-3-7-19-13-6-5-10(8-11(18)4-2)9-12(13)14(15,16)17/h5-6,9,11H,3-4,7-8,18H2,1-2H3. The van der Waals surface area contributed by atoms with Crippen molar-refractivity contribution in [3.05, 3.63) is 29.3 Å². The Bertz CT molecular complexity index is 404. The summed E-state index contributed by atoms with van der Waals surface area (Å²) in [6.07, 6.45) is -2.57. The normalized spacial score (nSPS) is 13.4. The van der Waals surface area contributed by atoms with E-state index < -0.39 is 11.7 Å². The Hall–Kier alpha value is -1.23. The second-order valence-corrected chi connectivity index (χ2v) is 4.55. The van der Waals surface area contributed by atoms with Gasteiger partial charge in [0.2, 0.25) is 0 Å². The molecule has 0 aromatic heterocycles. The second-order valence-electron chi connectivity index (χ2n) is 4.55. The molecule has 19 heavy (non-hydrogen) atoms. The quantitative estimate of drug-likeness (QED) is 0.857. The molecule has 5 heteroatoms. The van der Waals surface area contributed by atoms with Crippen molar-refractivity contribution >= 4 is 0 Å². The largest absolute Gasteiger partial charge is 0.493 e. The van der Waals surface area contributed by atoms with Gasteiger partial charge in [0.15, 0.2) is 0 Å². The van der Waals surface area contributed by atoms with E-state index in [1.807, 2.05) is 13.8 Å². The molecule has 0 saturated carbocycles. The highest BCUT2D eigenvalue weighted by Gasteiger charge is 2.34. The summed E-state index contributed by atoms with van der Waals surface area (Å²) in [6.45, 7) is 4.03. The maximum atomic E-state index is 13.0. The van der Waals surface area contributed by atoms with Gasteiger partial charge >= 0.3 is 6.18 Å². The molecule has 1 atom stereocenters. The predicted octanol–water partition coefficient (Wildman–Crippen LogP) is 3.77. The molecule has 0 saturated heterocycles. The molecule has 108 valence electrons. The molecule has 0 aliphatic heterocycles. The minimum atomic E-state index is -4.41. The molecule has 2 nitrogen and oxygen atoms in total. The number of nitrogens with two attached hydrogens (primary N) is 1. The Morgan fingerprint density at radius 1 is 1.26 bits per heavy atom. The minimum Gasteiger partial charge on any atom is -0.493 e. The Morgan fingerprint density at radius 3 is 2.47 bits per heavy atom. The van der Waals surface area contributed by atoms with Crippen LogP contribution < -0.4 is 10.5 Å². The molecule has 0 amide bonds. The van der Waals surface area contributed by atoms with E-state index in [9.17, 15) is 13.2 Å². The first-order chi connectivity index (χ1) is 8.88. The van der Waals surface area contributed by atoms with Gasteiger partial charge in [-0.3, -0.25) is 0 Å². The zero-order valence-electron chi connectivity index (χ0n) is 11.3. The summed E-state index contributed by atoms with van der Waals surface area (Å²) in [5.74, 6) is -0.108. The van der Waals surface area contributed by atoms with Gasteiger partial charge in [0.1, 0.15) is 5.75 Å². The zero-order chi connectivity index (χ0) is 14.5. The van der Waals surface area contributed by atoms with Gasteiger partial charge in [-0.2, -0.15) is 13.2 Å². The van der Waals surface area contributed by atoms with E-state index in [4.69, 9.17) is 10.5 Å². The third kappa shape index (κ3) is 4.74. The summed E-state index contributed by atoms with van der Waals surface area (Å²) < 4.78 is 44.0. The molecule has 1 unspecified atom stereocenters. The molecule has 0 heterocycles. The van der Waals surface area contributed by atoms with Crippen molar-refractivity contribution in [2.45, 2.75) is 45.3 Å². The van der Waals surface area contributed by atoms with Crippen molar-refractivity contribution in [1.29, 1.82) is 0 Å². The average Bonchev–Trinajstić information content (AvgIpc) is 2.35.